The van der Waals surface area contributed by atoms with Crippen molar-refractivity contribution in [2.24, 2.45) is 11.8 Å². The summed E-state index contributed by atoms with van der Waals surface area (Å²) in [5.74, 6) is 0.594. The number of hydrogen-bond acceptors (Lipinski definition) is 4. The van der Waals surface area contributed by atoms with E-state index in [1.807, 2.05) is 26.2 Å². The van der Waals surface area contributed by atoms with Gasteiger partial charge in [0.05, 0.1) is 18.6 Å². The van der Waals surface area contributed by atoms with Crippen LogP contribution >= 0.6 is 11.3 Å². The van der Waals surface area contributed by atoms with Crippen LogP contribution in [0.3, 0.4) is 0 Å². The van der Waals surface area contributed by atoms with Gasteiger partial charge in [-0.3, -0.25) is 4.79 Å². The van der Waals surface area contributed by atoms with Gasteiger partial charge in [-0.2, -0.15) is 0 Å². The fourth-order valence-corrected chi connectivity index (χ4v) is 3.35. The smallest absolute Gasteiger partial charge is 0.145 e. The van der Waals surface area contributed by atoms with Crippen LogP contribution in [-0.4, -0.2) is 23.0 Å². The summed E-state index contributed by atoms with van der Waals surface area (Å²) in [7, 11) is 0. The van der Waals surface area contributed by atoms with Gasteiger partial charge < -0.3 is 4.74 Å². The highest BCUT2D eigenvalue weighted by molar-refractivity contribution is 7.09. The van der Waals surface area contributed by atoms with E-state index in [-0.39, 0.29) is 23.9 Å². The molecule has 4 heteroatoms. The second-order valence-corrected chi connectivity index (χ2v) is 5.90. The second kappa shape index (κ2) is 4.86. The van der Waals surface area contributed by atoms with Crippen molar-refractivity contribution < 1.29 is 9.53 Å². The van der Waals surface area contributed by atoms with Crippen LogP contribution < -0.4 is 0 Å². The van der Waals surface area contributed by atoms with Crippen LogP contribution in [0.2, 0.25) is 0 Å². The van der Waals surface area contributed by atoms with Crippen LogP contribution in [-0.2, 0) is 16.0 Å². The van der Waals surface area contributed by atoms with Gasteiger partial charge in [0.1, 0.15) is 10.8 Å². The Bertz CT molecular complexity index is 415. The standard InChI is InChI=1S/C13H19NO2S/c1-7-6-17-12(14-7)5-11(15)13-8(2)9(3)16-10(13)4/h6,8-10,13H,5H2,1-4H3. The Balaban J connectivity index is 2.05. The highest BCUT2D eigenvalue weighted by Crippen LogP contribution is 2.33. The van der Waals surface area contributed by atoms with E-state index in [0.717, 1.165) is 10.7 Å². The number of aromatic nitrogens is 1. The van der Waals surface area contributed by atoms with Crippen molar-refractivity contribution in [1.29, 1.82) is 0 Å². The van der Waals surface area contributed by atoms with E-state index in [9.17, 15) is 4.79 Å². The van der Waals surface area contributed by atoms with Gasteiger partial charge in [0.25, 0.3) is 0 Å². The Kier molecular flexibility index (Phi) is 3.64. The van der Waals surface area contributed by atoms with Gasteiger partial charge in [-0.05, 0) is 26.7 Å². The number of ketones is 1. The van der Waals surface area contributed by atoms with Crippen LogP contribution in [0.4, 0.5) is 0 Å². The molecular weight excluding hydrogens is 234 g/mol. The number of rotatable bonds is 3. The highest BCUT2D eigenvalue weighted by Gasteiger charge is 2.41. The lowest BCUT2D eigenvalue weighted by Crippen LogP contribution is -2.28. The Hall–Kier alpha value is -0.740. The molecule has 4 unspecified atom stereocenters. The van der Waals surface area contributed by atoms with E-state index in [2.05, 4.69) is 11.9 Å². The third kappa shape index (κ3) is 2.58. The number of carbonyl (C=O) groups excluding carboxylic acids is 1. The zero-order valence-corrected chi connectivity index (χ0v) is 11.6. The number of aryl methyl sites for hydroxylation is 1. The minimum Gasteiger partial charge on any atom is -0.375 e. The molecule has 1 aliphatic rings. The molecular formula is C13H19NO2S. The van der Waals surface area contributed by atoms with Gasteiger partial charge in [0.2, 0.25) is 0 Å². The minimum absolute atomic E-state index is 0.0224. The highest BCUT2D eigenvalue weighted by atomic mass is 32.1. The van der Waals surface area contributed by atoms with Gasteiger partial charge in [0.15, 0.2) is 0 Å². The van der Waals surface area contributed by atoms with Crippen molar-refractivity contribution in [1.82, 2.24) is 4.98 Å². The van der Waals surface area contributed by atoms with Crippen LogP contribution in [0.25, 0.3) is 0 Å². The summed E-state index contributed by atoms with van der Waals surface area (Å²) in [6, 6.07) is 0. The average molecular weight is 253 g/mol. The zero-order valence-electron chi connectivity index (χ0n) is 10.8. The van der Waals surface area contributed by atoms with E-state index in [0.29, 0.717) is 12.3 Å². The van der Waals surface area contributed by atoms with Crippen molar-refractivity contribution in [3.63, 3.8) is 0 Å². The molecule has 0 aliphatic carbocycles. The van der Waals surface area contributed by atoms with Gasteiger partial charge in [-0.25, -0.2) is 4.98 Å². The van der Waals surface area contributed by atoms with Crippen LogP contribution in [0.1, 0.15) is 31.5 Å². The first-order valence-corrected chi connectivity index (χ1v) is 6.96. The van der Waals surface area contributed by atoms with Crippen LogP contribution in [0, 0.1) is 18.8 Å². The fraction of sp³-hybridized carbons (Fsp3) is 0.692. The zero-order chi connectivity index (χ0) is 12.6. The Labute approximate surface area is 106 Å². The Morgan fingerprint density at radius 1 is 1.41 bits per heavy atom. The topological polar surface area (TPSA) is 39.2 Å². The normalized spacial score (nSPS) is 32.9. The quantitative estimate of drug-likeness (QED) is 0.831. The van der Waals surface area contributed by atoms with Gasteiger partial charge >= 0.3 is 0 Å². The van der Waals surface area contributed by atoms with Crippen molar-refractivity contribution in [3.8, 4) is 0 Å². The summed E-state index contributed by atoms with van der Waals surface area (Å²) in [6.45, 7) is 8.10. The summed E-state index contributed by atoms with van der Waals surface area (Å²) in [6.07, 6.45) is 0.666. The number of thiazole rings is 1. The maximum absolute atomic E-state index is 12.3. The van der Waals surface area contributed by atoms with E-state index in [1.54, 1.807) is 11.3 Å². The molecule has 94 valence electrons. The first-order chi connectivity index (χ1) is 7.99. The Morgan fingerprint density at radius 3 is 2.59 bits per heavy atom. The lowest BCUT2D eigenvalue weighted by molar-refractivity contribution is -0.124. The monoisotopic (exact) mass is 253 g/mol. The van der Waals surface area contributed by atoms with Gasteiger partial charge in [-0.15, -0.1) is 11.3 Å². The molecule has 2 rings (SSSR count). The van der Waals surface area contributed by atoms with E-state index >= 15 is 0 Å². The van der Waals surface area contributed by atoms with Crippen molar-refractivity contribution in [3.05, 3.63) is 16.1 Å². The van der Waals surface area contributed by atoms with Crippen molar-refractivity contribution >= 4 is 17.1 Å². The summed E-state index contributed by atoms with van der Waals surface area (Å²) < 4.78 is 5.71. The summed E-state index contributed by atoms with van der Waals surface area (Å²) in [5, 5.41) is 2.91. The number of hydrogen-bond donors (Lipinski definition) is 0. The first-order valence-electron chi connectivity index (χ1n) is 6.08. The number of ether oxygens (including phenoxy) is 1. The average Bonchev–Trinajstić information content (AvgIpc) is 2.73. The predicted octanol–water partition coefficient (Wildman–Crippen LogP) is 2.62. The largest absolute Gasteiger partial charge is 0.375 e. The third-order valence-electron chi connectivity index (χ3n) is 3.61. The number of carbonyl (C=O) groups is 1. The summed E-state index contributed by atoms with van der Waals surface area (Å²) in [5.41, 5.74) is 0.995. The molecule has 1 aliphatic heterocycles. The molecule has 4 atom stereocenters. The van der Waals surface area contributed by atoms with Gasteiger partial charge in [-0.1, -0.05) is 6.92 Å². The molecule has 0 N–H and O–H groups in total. The molecule has 0 spiro atoms. The molecule has 2 heterocycles. The maximum Gasteiger partial charge on any atom is 0.145 e. The van der Waals surface area contributed by atoms with E-state index in [4.69, 9.17) is 4.74 Å². The number of nitrogens with zero attached hydrogens (tertiary/aromatic N) is 1. The van der Waals surface area contributed by atoms with Gasteiger partial charge in [0, 0.05) is 17.0 Å². The summed E-state index contributed by atoms with van der Waals surface area (Å²) in [4.78, 5) is 16.6. The molecule has 17 heavy (non-hydrogen) atoms. The second-order valence-electron chi connectivity index (χ2n) is 4.96. The molecule has 1 fully saturated rings. The molecule has 1 aromatic rings. The molecule has 3 nitrogen and oxygen atoms in total. The molecule has 0 saturated carbocycles. The number of Topliss-reactive ketones (excluding diaryl/α,β-unsaturated/α-hetero) is 1. The molecule has 1 aromatic heterocycles. The molecule has 0 bridgehead atoms. The first kappa shape index (κ1) is 12.7. The van der Waals surface area contributed by atoms with E-state index < -0.39 is 0 Å². The SMILES string of the molecule is Cc1csc(CC(=O)C2C(C)OC(C)C2C)n1. The fourth-order valence-electron chi connectivity index (χ4n) is 2.57. The van der Waals surface area contributed by atoms with Crippen LogP contribution in [0.15, 0.2) is 5.38 Å². The molecule has 0 aromatic carbocycles. The minimum atomic E-state index is 0.0224. The van der Waals surface area contributed by atoms with Crippen molar-refractivity contribution in [2.75, 3.05) is 0 Å². The third-order valence-corrected chi connectivity index (χ3v) is 4.57. The predicted molar refractivity (Wildman–Crippen MR) is 68.2 cm³/mol. The summed E-state index contributed by atoms with van der Waals surface area (Å²) >= 11 is 1.57. The molecule has 1 saturated heterocycles. The lowest BCUT2D eigenvalue weighted by Gasteiger charge is -2.16. The van der Waals surface area contributed by atoms with E-state index in [1.165, 1.54) is 0 Å². The Morgan fingerprint density at radius 2 is 2.12 bits per heavy atom. The van der Waals surface area contributed by atoms with Crippen molar-refractivity contribution in [2.45, 2.75) is 46.3 Å². The maximum atomic E-state index is 12.3. The molecule has 0 radical (unpaired) electrons. The lowest BCUT2D eigenvalue weighted by atomic mass is 9.85. The molecule has 0 amide bonds. The van der Waals surface area contributed by atoms with Crippen LogP contribution in [0.5, 0.6) is 0 Å².